The third-order valence-corrected chi connectivity index (χ3v) is 5.69. The molecule has 0 aliphatic carbocycles. The van der Waals surface area contributed by atoms with Crippen molar-refractivity contribution in [1.82, 2.24) is 9.55 Å². The van der Waals surface area contributed by atoms with Crippen LogP contribution in [0.15, 0.2) is 36.5 Å². The van der Waals surface area contributed by atoms with Crippen LogP contribution in [0.5, 0.6) is 0 Å². The van der Waals surface area contributed by atoms with E-state index in [0.717, 1.165) is 33.9 Å². The van der Waals surface area contributed by atoms with E-state index in [9.17, 15) is 18.0 Å². The molecule has 138 valence electrons. The Morgan fingerprint density at radius 2 is 2.04 bits per heavy atom. The van der Waals surface area contributed by atoms with Crippen LogP contribution in [0.1, 0.15) is 23.4 Å². The Hall–Kier alpha value is -2.87. The lowest BCUT2D eigenvalue weighted by atomic mass is 9.99. The van der Waals surface area contributed by atoms with Crippen LogP contribution in [-0.4, -0.2) is 20.6 Å². The summed E-state index contributed by atoms with van der Waals surface area (Å²) in [6.07, 6.45) is 1.69. The number of rotatable bonds is 4. The van der Waals surface area contributed by atoms with Crippen LogP contribution in [0.4, 0.5) is 13.2 Å². The minimum absolute atomic E-state index is 0.196. The maximum Gasteiger partial charge on any atom is 0.323 e. The topological polar surface area (TPSA) is 55.1 Å². The predicted octanol–water partition coefficient (Wildman–Crippen LogP) is 4.90. The molecule has 4 rings (SSSR count). The van der Waals surface area contributed by atoms with Gasteiger partial charge in [-0.3, -0.25) is 4.79 Å². The van der Waals surface area contributed by atoms with Crippen molar-refractivity contribution in [2.24, 2.45) is 0 Å². The van der Waals surface area contributed by atoms with E-state index in [0.29, 0.717) is 5.01 Å². The Morgan fingerprint density at radius 3 is 2.78 bits per heavy atom. The summed E-state index contributed by atoms with van der Waals surface area (Å²) in [7, 11) is 0. The van der Waals surface area contributed by atoms with E-state index in [1.165, 1.54) is 0 Å². The Bertz CT molecular complexity index is 1200. The number of para-hydroxylation sites is 1. The molecule has 0 saturated carbocycles. The maximum atomic E-state index is 14.0. The molecule has 2 aromatic heterocycles. The van der Waals surface area contributed by atoms with Crippen LogP contribution in [0.25, 0.3) is 21.1 Å². The number of thiazole rings is 1. The van der Waals surface area contributed by atoms with Crippen LogP contribution in [-0.2, 0) is 11.3 Å². The van der Waals surface area contributed by atoms with Crippen molar-refractivity contribution in [3.05, 3.63) is 64.6 Å². The molecule has 4 nitrogen and oxygen atoms in total. The first kappa shape index (κ1) is 17.5. The van der Waals surface area contributed by atoms with E-state index in [-0.39, 0.29) is 22.7 Å². The second-order valence-corrected chi connectivity index (χ2v) is 7.29. The highest BCUT2D eigenvalue weighted by Crippen LogP contribution is 2.36. The first-order chi connectivity index (χ1) is 12.9. The second kappa shape index (κ2) is 6.38. The Kier molecular flexibility index (Phi) is 4.15. The number of hydrogen-bond acceptors (Lipinski definition) is 3. The third kappa shape index (κ3) is 2.86. The Labute approximate surface area is 155 Å². The number of halogens is 3. The molecule has 1 atom stereocenters. The van der Waals surface area contributed by atoms with Gasteiger partial charge in [-0.2, -0.15) is 0 Å². The fourth-order valence-corrected chi connectivity index (χ4v) is 4.29. The molecular formula is C19H13F3N2O2S. The van der Waals surface area contributed by atoms with Gasteiger partial charge in [-0.1, -0.05) is 25.1 Å². The maximum absolute atomic E-state index is 14.0. The molecule has 4 aromatic rings. The van der Waals surface area contributed by atoms with Gasteiger partial charge in [-0.05, 0) is 23.1 Å². The Morgan fingerprint density at radius 1 is 1.26 bits per heavy atom. The summed E-state index contributed by atoms with van der Waals surface area (Å²) in [5.74, 6) is -5.38. The van der Waals surface area contributed by atoms with Gasteiger partial charge in [0, 0.05) is 12.1 Å². The molecule has 0 aliphatic heterocycles. The van der Waals surface area contributed by atoms with Crippen LogP contribution in [0, 0.1) is 17.5 Å². The van der Waals surface area contributed by atoms with Gasteiger partial charge in [0.1, 0.15) is 17.1 Å². The molecule has 1 unspecified atom stereocenters. The number of hydrogen-bond donors (Lipinski definition) is 1. The molecule has 0 radical (unpaired) electrons. The first-order valence-electron chi connectivity index (χ1n) is 8.10. The predicted molar refractivity (Wildman–Crippen MR) is 96.6 cm³/mol. The SMILES string of the molecule is CC(c1nc2c(F)c(F)c(F)cc2s1)c1cccc2ccn(CC(=O)O)c12. The lowest BCUT2D eigenvalue weighted by Gasteiger charge is -2.13. The minimum Gasteiger partial charge on any atom is -0.480 e. The standard InChI is InChI=1S/C19H13F3N2O2S/c1-9(19-23-17-13(27-19)7-12(20)15(21)16(17)22)11-4-2-3-10-5-6-24(18(10)11)8-14(25)26/h2-7,9H,8H2,1H3,(H,25,26). The molecule has 0 saturated heterocycles. The number of carboxylic acid groups (broad SMARTS) is 1. The molecule has 8 heteroatoms. The highest BCUT2D eigenvalue weighted by molar-refractivity contribution is 7.18. The largest absolute Gasteiger partial charge is 0.480 e. The van der Waals surface area contributed by atoms with Crippen molar-refractivity contribution in [3.63, 3.8) is 0 Å². The number of fused-ring (bicyclic) bond motifs is 2. The molecule has 27 heavy (non-hydrogen) atoms. The zero-order valence-corrected chi connectivity index (χ0v) is 14.9. The van der Waals surface area contributed by atoms with E-state index >= 15 is 0 Å². The van der Waals surface area contributed by atoms with Crippen molar-refractivity contribution in [3.8, 4) is 0 Å². The van der Waals surface area contributed by atoms with Crippen LogP contribution in [0.2, 0.25) is 0 Å². The minimum atomic E-state index is -1.54. The van der Waals surface area contributed by atoms with Crippen molar-refractivity contribution < 1.29 is 23.1 Å². The summed E-state index contributed by atoms with van der Waals surface area (Å²) in [6, 6.07) is 8.31. The number of carboxylic acids is 1. The highest BCUT2D eigenvalue weighted by atomic mass is 32.1. The zero-order valence-electron chi connectivity index (χ0n) is 14.0. The lowest BCUT2D eigenvalue weighted by molar-refractivity contribution is -0.137. The summed E-state index contributed by atoms with van der Waals surface area (Å²) < 4.78 is 42.8. The normalized spacial score (nSPS) is 12.7. The Balaban J connectivity index is 1.87. The average molecular weight is 390 g/mol. The summed E-state index contributed by atoms with van der Waals surface area (Å²) in [4.78, 5) is 15.3. The molecule has 2 heterocycles. The third-order valence-electron chi connectivity index (χ3n) is 4.50. The number of nitrogens with zero attached hydrogens (tertiary/aromatic N) is 2. The van der Waals surface area contributed by atoms with Crippen molar-refractivity contribution in [2.75, 3.05) is 0 Å². The number of carbonyl (C=O) groups is 1. The molecule has 2 aromatic carbocycles. The van der Waals surface area contributed by atoms with Crippen LogP contribution < -0.4 is 0 Å². The molecule has 0 amide bonds. The highest BCUT2D eigenvalue weighted by Gasteiger charge is 2.22. The molecule has 0 fully saturated rings. The summed E-state index contributed by atoms with van der Waals surface area (Å²) in [6.45, 7) is 1.65. The van der Waals surface area contributed by atoms with Crippen molar-refractivity contribution in [1.29, 1.82) is 0 Å². The number of aliphatic carboxylic acids is 1. The van der Waals surface area contributed by atoms with E-state index in [1.807, 2.05) is 31.2 Å². The molecule has 0 bridgehead atoms. The van der Waals surface area contributed by atoms with Gasteiger partial charge >= 0.3 is 5.97 Å². The van der Waals surface area contributed by atoms with Crippen molar-refractivity contribution in [2.45, 2.75) is 19.4 Å². The van der Waals surface area contributed by atoms with Crippen LogP contribution >= 0.6 is 11.3 Å². The fraction of sp³-hybridized carbons (Fsp3) is 0.158. The van der Waals surface area contributed by atoms with Gasteiger partial charge in [0.2, 0.25) is 0 Å². The van der Waals surface area contributed by atoms with E-state index in [1.54, 1.807) is 10.8 Å². The second-order valence-electron chi connectivity index (χ2n) is 6.23. The van der Waals surface area contributed by atoms with Crippen molar-refractivity contribution >= 4 is 38.4 Å². The zero-order chi connectivity index (χ0) is 19.3. The summed E-state index contributed by atoms with van der Waals surface area (Å²) in [5, 5.41) is 10.5. The van der Waals surface area contributed by atoms with Gasteiger partial charge in [-0.15, -0.1) is 11.3 Å². The van der Waals surface area contributed by atoms with E-state index in [2.05, 4.69) is 4.98 Å². The van der Waals surface area contributed by atoms with Gasteiger partial charge in [0.05, 0.1) is 10.2 Å². The lowest BCUT2D eigenvalue weighted by Crippen LogP contribution is -2.09. The number of aromatic nitrogens is 2. The van der Waals surface area contributed by atoms with E-state index in [4.69, 9.17) is 5.11 Å². The smallest absolute Gasteiger partial charge is 0.323 e. The fourth-order valence-electron chi connectivity index (χ4n) is 3.23. The first-order valence-corrected chi connectivity index (χ1v) is 8.92. The molecule has 0 aliphatic rings. The quantitative estimate of drug-likeness (QED) is 0.504. The van der Waals surface area contributed by atoms with Gasteiger partial charge in [0.25, 0.3) is 0 Å². The molecule has 0 spiro atoms. The summed E-state index contributed by atoms with van der Waals surface area (Å²) in [5.41, 5.74) is 1.34. The van der Waals surface area contributed by atoms with Crippen LogP contribution in [0.3, 0.4) is 0 Å². The average Bonchev–Trinajstić information content (AvgIpc) is 3.23. The monoisotopic (exact) mass is 390 g/mol. The summed E-state index contributed by atoms with van der Waals surface area (Å²) >= 11 is 1.08. The van der Waals surface area contributed by atoms with Gasteiger partial charge < -0.3 is 9.67 Å². The molecule has 1 N–H and O–H groups in total. The van der Waals surface area contributed by atoms with E-state index < -0.39 is 23.4 Å². The number of benzene rings is 2. The molecular weight excluding hydrogens is 377 g/mol. The van der Waals surface area contributed by atoms with Gasteiger partial charge in [-0.25, -0.2) is 18.2 Å². The van der Waals surface area contributed by atoms with Gasteiger partial charge in [0.15, 0.2) is 17.5 Å².